The molecule has 4 heterocycles. The van der Waals surface area contributed by atoms with Gasteiger partial charge in [-0.15, -0.1) is 0 Å². The number of allylic oxidation sites excluding steroid dienone is 2. The first-order valence-corrected chi connectivity index (χ1v) is 17.4. The van der Waals surface area contributed by atoms with Gasteiger partial charge in [0.25, 0.3) is 0 Å². The van der Waals surface area contributed by atoms with Crippen LogP contribution in [0.2, 0.25) is 0 Å². The van der Waals surface area contributed by atoms with Crippen LogP contribution in [0.1, 0.15) is 87.0 Å². The maximum Gasteiger partial charge on any atom is 0.410 e. The van der Waals surface area contributed by atoms with Crippen molar-refractivity contribution in [3.05, 3.63) is 36.0 Å². The Bertz CT molecular complexity index is 1250. The summed E-state index contributed by atoms with van der Waals surface area (Å²) < 4.78 is 23.5. The van der Waals surface area contributed by atoms with E-state index in [9.17, 15) is 29.7 Å². The van der Waals surface area contributed by atoms with E-state index in [1.165, 1.54) is 6.92 Å². The Hall–Kier alpha value is -2.77. The first-order chi connectivity index (χ1) is 22.5. The highest BCUT2D eigenvalue weighted by atomic mass is 16.6. The molecule has 270 valence electrons. The van der Waals surface area contributed by atoms with Gasteiger partial charge in [0.2, 0.25) is 0 Å². The summed E-state index contributed by atoms with van der Waals surface area (Å²) in [7, 11) is 0. The predicted molar refractivity (Wildman–Crippen MR) is 178 cm³/mol. The third kappa shape index (κ3) is 9.90. The molecular weight excluding hydrogens is 620 g/mol. The van der Waals surface area contributed by atoms with Crippen molar-refractivity contribution in [2.24, 2.45) is 11.8 Å². The van der Waals surface area contributed by atoms with E-state index in [1.807, 2.05) is 27.7 Å². The highest BCUT2D eigenvalue weighted by Gasteiger charge is 2.48. The number of carbonyl (C=O) groups excluding carboxylic acids is 3. The predicted octanol–water partition coefficient (Wildman–Crippen LogP) is 3.33. The average molecular weight is 677 g/mol. The Balaban J connectivity index is 1.52. The third-order valence-electron chi connectivity index (χ3n) is 10.2. The maximum atomic E-state index is 13.4. The summed E-state index contributed by atoms with van der Waals surface area (Å²) in [6.07, 6.45) is 6.52. The van der Waals surface area contributed by atoms with Gasteiger partial charge >= 0.3 is 18.0 Å². The molecule has 4 rings (SSSR count). The second kappa shape index (κ2) is 15.8. The van der Waals surface area contributed by atoms with Crippen molar-refractivity contribution in [2.75, 3.05) is 13.1 Å². The number of esters is 2. The van der Waals surface area contributed by atoms with E-state index in [2.05, 4.69) is 5.32 Å². The number of epoxide rings is 1. The van der Waals surface area contributed by atoms with Crippen LogP contribution in [0.5, 0.6) is 0 Å². The van der Waals surface area contributed by atoms with Crippen molar-refractivity contribution in [3.63, 3.8) is 0 Å². The number of carbonyl (C=O) groups is 3. The van der Waals surface area contributed by atoms with E-state index in [4.69, 9.17) is 18.9 Å². The number of hydrogen-bond acceptors (Lipinski definition) is 11. The number of ether oxygens (including phenoxy) is 4. The van der Waals surface area contributed by atoms with Gasteiger partial charge in [-0.05, 0) is 58.1 Å². The van der Waals surface area contributed by atoms with Crippen LogP contribution in [0.4, 0.5) is 4.79 Å². The zero-order chi connectivity index (χ0) is 35.4. The van der Waals surface area contributed by atoms with Crippen LogP contribution in [0.25, 0.3) is 0 Å². The summed E-state index contributed by atoms with van der Waals surface area (Å²) in [5, 5.41) is 35.3. The number of nitrogens with zero attached hydrogens (tertiary/aromatic N) is 1. The molecule has 1 amide bonds. The summed E-state index contributed by atoms with van der Waals surface area (Å²) in [5.74, 6) is -1.56. The number of amides is 1. The third-order valence-corrected chi connectivity index (χ3v) is 10.2. The van der Waals surface area contributed by atoms with Crippen LogP contribution in [0.3, 0.4) is 0 Å². The van der Waals surface area contributed by atoms with Crippen molar-refractivity contribution in [3.8, 4) is 0 Å². The summed E-state index contributed by atoms with van der Waals surface area (Å²) in [6.45, 7) is 13.4. The van der Waals surface area contributed by atoms with Gasteiger partial charge in [0.05, 0.1) is 36.4 Å². The second-order valence-electron chi connectivity index (χ2n) is 14.7. The van der Waals surface area contributed by atoms with E-state index in [0.717, 1.165) is 6.42 Å². The molecule has 12 nitrogen and oxygen atoms in total. The van der Waals surface area contributed by atoms with Crippen LogP contribution in [0, 0.1) is 11.8 Å². The second-order valence-corrected chi connectivity index (χ2v) is 14.7. The SMILES string of the molecule is CC[C@H](O)[C@@H](C)[C@H]1O[C@@H]1C[C@@](C)(O)/C=C/C=C(\C)[C@H]1OC(=O)C[C@H](O)CC[C@@](C)(OC(C)=O)[C@@H](OC(=O)N2C[C@@H]3C[C@H]2CN3)/C=C\[C@@H]1C. The Kier molecular flexibility index (Phi) is 12.6. The lowest BCUT2D eigenvalue weighted by Gasteiger charge is -2.37. The highest BCUT2D eigenvalue weighted by Crippen LogP contribution is 2.38. The van der Waals surface area contributed by atoms with Gasteiger partial charge in [-0.25, -0.2) is 4.79 Å². The van der Waals surface area contributed by atoms with E-state index in [-0.39, 0.29) is 49.5 Å². The Labute approximate surface area is 284 Å². The summed E-state index contributed by atoms with van der Waals surface area (Å²) in [4.78, 5) is 40.3. The molecule has 0 aromatic heterocycles. The smallest absolute Gasteiger partial charge is 0.410 e. The molecule has 0 aliphatic carbocycles. The number of cyclic esters (lactones) is 1. The van der Waals surface area contributed by atoms with Crippen LogP contribution in [-0.2, 0) is 28.5 Å². The lowest BCUT2D eigenvalue weighted by Crippen LogP contribution is -2.51. The van der Waals surface area contributed by atoms with E-state index >= 15 is 0 Å². The van der Waals surface area contributed by atoms with Crippen molar-refractivity contribution in [1.82, 2.24) is 10.2 Å². The fourth-order valence-corrected chi connectivity index (χ4v) is 7.19. The number of piperazine rings is 1. The van der Waals surface area contributed by atoms with Crippen molar-refractivity contribution >= 4 is 18.0 Å². The van der Waals surface area contributed by atoms with Crippen LogP contribution in [-0.4, -0.2) is 111 Å². The topological polar surface area (TPSA) is 167 Å². The van der Waals surface area contributed by atoms with Crippen molar-refractivity contribution in [1.29, 1.82) is 0 Å². The van der Waals surface area contributed by atoms with Crippen LogP contribution >= 0.6 is 0 Å². The summed E-state index contributed by atoms with van der Waals surface area (Å²) >= 11 is 0. The molecule has 0 spiro atoms. The molecule has 0 unspecified atom stereocenters. The van der Waals surface area contributed by atoms with Crippen LogP contribution in [0.15, 0.2) is 36.0 Å². The fraction of sp³-hybridized carbons (Fsp3) is 0.750. The number of hydrogen-bond donors (Lipinski definition) is 4. The van der Waals surface area contributed by atoms with Gasteiger partial charge in [-0.3, -0.25) is 9.59 Å². The summed E-state index contributed by atoms with van der Waals surface area (Å²) in [5.41, 5.74) is -1.78. The monoisotopic (exact) mass is 676 g/mol. The average Bonchev–Trinajstić information content (AvgIpc) is 3.40. The van der Waals surface area contributed by atoms with E-state index in [1.54, 1.807) is 49.1 Å². The molecule has 4 N–H and O–H groups in total. The molecule has 4 aliphatic heterocycles. The molecule has 4 aliphatic rings. The molecule has 3 fully saturated rings. The summed E-state index contributed by atoms with van der Waals surface area (Å²) in [6, 6.07) is 0.273. The first-order valence-electron chi connectivity index (χ1n) is 17.4. The van der Waals surface area contributed by atoms with Gasteiger partial charge < -0.3 is 44.5 Å². The molecule has 12 heteroatoms. The fourth-order valence-electron chi connectivity index (χ4n) is 7.19. The molecule has 48 heavy (non-hydrogen) atoms. The number of aliphatic hydroxyl groups excluding tert-OH is 2. The minimum absolute atomic E-state index is 0.0200. The normalized spacial score (nSPS) is 37.5. The van der Waals surface area contributed by atoms with E-state index in [0.29, 0.717) is 31.5 Å². The minimum Gasteiger partial charge on any atom is -0.457 e. The van der Waals surface area contributed by atoms with Crippen LogP contribution < -0.4 is 5.32 Å². The highest BCUT2D eigenvalue weighted by molar-refractivity contribution is 5.71. The molecule has 3 saturated heterocycles. The number of fused-ring (bicyclic) bond motifs is 2. The first kappa shape index (κ1) is 38.0. The molecule has 0 saturated carbocycles. The zero-order valence-corrected chi connectivity index (χ0v) is 29.5. The Morgan fingerprint density at radius 2 is 2.02 bits per heavy atom. The lowest BCUT2D eigenvalue weighted by atomic mass is 9.88. The molecular formula is C36H56N2O10. The Morgan fingerprint density at radius 3 is 2.65 bits per heavy atom. The number of aliphatic hydroxyl groups is 3. The minimum atomic E-state index is -1.30. The molecule has 0 radical (unpaired) electrons. The van der Waals surface area contributed by atoms with Gasteiger partial charge in [0.1, 0.15) is 11.7 Å². The maximum absolute atomic E-state index is 13.4. The molecule has 2 bridgehead atoms. The standard InChI is InChI=1S/C36H56N2O10/c1-8-28(41)23(4)33-29(45-33)18-35(6,44)14-9-10-21(2)32-22(3)11-12-30(46-34(43)38-20-25-16-26(38)19-37-25)36(7,48-24(5)39)15-13-27(40)17-31(42)47-32/h9-12,14,22-23,25-30,32-33,37,40-41,44H,8,13,15-20H2,1-7H3/b12-11-,14-9+,21-10+/t22-,23+,25-,26-,27+,28-,29+,30-,32+,33+,35-,36+/m0/s1. The van der Waals surface area contributed by atoms with Gasteiger partial charge in [-0.1, -0.05) is 45.1 Å². The molecule has 12 atom stereocenters. The quantitative estimate of drug-likeness (QED) is 0.0881. The van der Waals surface area contributed by atoms with Gasteiger partial charge in [-0.2, -0.15) is 0 Å². The zero-order valence-electron chi connectivity index (χ0n) is 29.5. The molecule has 0 aromatic rings. The van der Waals surface area contributed by atoms with Gasteiger partial charge in [0.15, 0.2) is 6.10 Å². The van der Waals surface area contributed by atoms with Crippen molar-refractivity contribution in [2.45, 2.75) is 147 Å². The van der Waals surface area contributed by atoms with Gasteiger partial charge in [0, 0.05) is 50.4 Å². The number of nitrogens with one attached hydrogen (secondary N) is 1. The molecule has 0 aromatic carbocycles. The van der Waals surface area contributed by atoms with E-state index < -0.39 is 59.6 Å². The number of likely N-dealkylation sites (tertiary alicyclic amines) is 1. The number of rotatable bonds is 10. The van der Waals surface area contributed by atoms with Crippen molar-refractivity contribution < 1.29 is 48.7 Å². The lowest BCUT2D eigenvalue weighted by molar-refractivity contribution is -0.168. The Morgan fingerprint density at radius 1 is 1.29 bits per heavy atom. The largest absolute Gasteiger partial charge is 0.457 e.